The molecule has 2 rings (SSSR count). The molecule has 5 nitrogen and oxygen atoms in total. The fraction of sp³-hybridized carbons (Fsp3) is 0.562. The van der Waals surface area contributed by atoms with E-state index in [4.69, 9.17) is 10.8 Å². The molecule has 5 heteroatoms. The zero-order chi connectivity index (χ0) is 15.1. The highest BCUT2D eigenvalue weighted by Gasteiger charge is 2.22. The van der Waals surface area contributed by atoms with Crippen molar-refractivity contribution >= 4 is 17.3 Å². The first kappa shape index (κ1) is 15.8. The summed E-state index contributed by atoms with van der Waals surface area (Å²) in [7, 11) is 0. The summed E-state index contributed by atoms with van der Waals surface area (Å²) < 4.78 is 0. The van der Waals surface area contributed by atoms with Gasteiger partial charge in [0.1, 0.15) is 0 Å². The number of amides is 1. The first-order valence-electron chi connectivity index (χ1n) is 7.69. The lowest BCUT2D eigenvalue weighted by molar-refractivity contribution is -0.116. The zero-order valence-corrected chi connectivity index (χ0v) is 12.4. The van der Waals surface area contributed by atoms with E-state index in [9.17, 15) is 4.79 Å². The predicted molar refractivity (Wildman–Crippen MR) is 85.0 cm³/mol. The molecule has 1 aromatic carbocycles. The Morgan fingerprint density at radius 3 is 3.05 bits per heavy atom. The highest BCUT2D eigenvalue weighted by Crippen LogP contribution is 2.19. The van der Waals surface area contributed by atoms with Crippen LogP contribution in [0.15, 0.2) is 24.3 Å². The lowest BCUT2D eigenvalue weighted by atomic mass is 9.99. The van der Waals surface area contributed by atoms with Crippen molar-refractivity contribution in [1.29, 1.82) is 0 Å². The Kier molecular flexibility index (Phi) is 6.02. The van der Waals surface area contributed by atoms with Gasteiger partial charge in [-0.25, -0.2) is 0 Å². The number of aliphatic hydroxyl groups excluding tert-OH is 1. The summed E-state index contributed by atoms with van der Waals surface area (Å²) >= 11 is 0. The van der Waals surface area contributed by atoms with E-state index in [2.05, 4.69) is 10.2 Å². The smallest absolute Gasteiger partial charge is 0.225 e. The van der Waals surface area contributed by atoms with Gasteiger partial charge in [-0.05, 0) is 44.0 Å². The van der Waals surface area contributed by atoms with Crippen LogP contribution in [0.5, 0.6) is 0 Å². The van der Waals surface area contributed by atoms with Crippen molar-refractivity contribution in [2.45, 2.75) is 38.1 Å². The molecule has 1 heterocycles. The SMILES string of the molecule is Nc1cccc(NC(=O)CCN2CCCCC2CCO)c1. The molecule has 21 heavy (non-hydrogen) atoms. The van der Waals surface area contributed by atoms with Crippen LogP contribution in [-0.4, -0.2) is 41.7 Å². The minimum Gasteiger partial charge on any atom is -0.399 e. The second-order valence-electron chi connectivity index (χ2n) is 5.62. The molecule has 0 radical (unpaired) electrons. The second-order valence-corrected chi connectivity index (χ2v) is 5.62. The van der Waals surface area contributed by atoms with Gasteiger partial charge in [0.15, 0.2) is 0 Å². The number of aliphatic hydroxyl groups is 1. The average molecular weight is 291 g/mol. The third-order valence-electron chi connectivity index (χ3n) is 4.01. The van der Waals surface area contributed by atoms with E-state index in [1.165, 1.54) is 12.8 Å². The van der Waals surface area contributed by atoms with E-state index in [0.717, 1.165) is 31.6 Å². The molecule has 0 saturated carbocycles. The standard InChI is InChI=1S/C16H25N3O2/c17-13-4-3-5-14(12-13)18-16(21)7-10-19-9-2-1-6-15(19)8-11-20/h3-5,12,15,20H,1-2,6-11,17H2,(H,18,21). The fourth-order valence-corrected chi connectivity index (χ4v) is 2.92. The monoisotopic (exact) mass is 291 g/mol. The molecule has 0 aromatic heterocycles. The number of anilines is 2. The summed E-state index contributed by atoms with van der Waals surface area (Å²) in [5, 5.41) is 12.0. The normalized spacial score (nSPS) is 19.4. The number of nitrogen functional groups attached to an aromatic ring is 1. The number of benzene rings is 1. The molecule has 1 amide bonds. The molecule has 4 N–H and O–H groups in total. The second kappa shape index (κ2) is 8.00. The predicted octanol–water partition coefficient (Wildman–Crippen LogP) is 1.83. The van der Waals surface area contributed by atoms with Crippen molar-refractivity contribution in [2.75, 3.05) is 30.7 Å². The van der Waals surface area contributed by atoms with Crippen LogP contribution in [0.1, 0.15) is 32.1 Å². The Bertz CT molecular complexity index is 463. The van der Waals surface area contributed by atoms with Gasteiger partial charge >= 0.3 is 0 Å². The molecule has 1 fully saturated rings. The van der Waals surface area contributed by atoms with Crippen LogP contribution < -0.4 is 11.1 Å². The Morgan fingerprint density at radius 1 is 1.43 bits per heavy atom. The van der Waals surface area contributed by atoms with Crippen LogP contribution in [0.3, 0.4) is 0 Å². The van der Waals surface area contributed by atoms with Gasteiger partial charge in [0, 0.05) is 37.0 Å². The minimum atomic E-state index is 0.00826. The molecule has 1 saturated heterocycles. The number of carbonyl (C=O) groups excluding carboxylic acids is 1. The van der Waals surface area contributed by atoms with Crippen LogP contribution in [0.2, 0.25) is 0 Å². The molecule has 1 aliphatic heterocycles. The summed E-state index contributed by atoms with van der Waals surface area (Å²) in [5.41, 5.74) is 7.08. The van der Waals surface area contributed by atoms with E-state index in [-0.39, 0.29) is 12.5 Å². The molecule has 1 aromatic rings. The van der Waals surface area contributed by atoms with E-state index >= 15 is 0 Å². The number of likely N-dealkylation sites (tertiary alicyclic amines) is 1. The summed E-state index contributed by atoms with van der Waals surface area (Å²) in [4.78, 5) is 14.3. The van der Waals surface area contributed by atoms with E-state index < -0.39 is 0 Å². The number of rotatable bonds is 6. The maximum absolute atomic E-state index is 12.0. The Balaban J connectivity index is 1.79. The summed E-state index contributed by atoms with van der Waals surface area (Å²) in [6.07, 6.45) is 4.79. The van der Waals surface area contributed by atoms with E-state index in [0.29, 0.717) is 18.2 Å². The van der Waals surface area contributed by atoms with Gasteiger partial charge < -0.3 is 16.2 Å². The van der Waals surface area contributed by atoms with Gasteiger partial charge in [-0.3, -0.25) is 9.69 Å². The van der Waals surface area contributed by atoms with Crippen LogP contribution in [0.4, 0.5) is 11.4 Å². The van der Waals surface area contributed by atoms with Gasteiger partial charge in [0.2, 0.25) is 5.91 Å². The Morgan fingerprint density at radius 2 is 2.29 bits per heavy atom. The van der Waals surface area contributed by atoms with Crippen molar-refractivity contribution in [2.24, 2.45) is 0 Å². The van der Waals surface area contributed by atoms with Gasteiger partial charge in [-0.1, -0.05) is 12.5 Å². The minimum absolute atomic E-state index is 0.00826. The van der Waals surface area contributed by atoms with Crippen molar-refractivity contribution in [3.05, 3.63) is 24.3 Å². The third-order valence-corrected chi connectivity index (χ3v) is 4.01. The van der Waals surface area contributed by atoms with Crippen molar-refractivity contribution in [3.63, 3.8) is 0 Å². The van der Waals surface area contributed by atoms with Crippen LogP contribution in [0, 0.1) is 0 Å². The number of carbonyl (C=O) groups is 1. The van der Waals surface area contributed by atoms with E-state index in [1.54, 1.807) is 12.1 Å². The van der Waals surface area contributed by atoms with Crippen LogP contribution in [0.25, 0.3) is 0 Å². The Hall–Kier alpha value is -1.59. The maximum Gasteiger partial charge on any atom is 0.225 e. The largest absolute Gasteiger partial charge is 0.399 e. The van der Waals surface area contributed by atoms with Crippen molar-refractivity contribution < 1.29 is 9.90 Å². The number of nitrogens with zero attached hydrogens (tertiary/aromatic N) is 1. The van der Waals surface area contributed by atoms with Gasteiger partial charge in [0.25, 0.3) is 0 Å². The molecular weight excluding hydrogens is 266 g/mol. The van der Waals surface area contributed by atoms with E-state index in [1.807, 2.05) is 12.1 Å². The molecule has 1 atom stereocenters. The maximum atomic E-state index is 12.0. The average Bonchev–Trinajstić information content (AvgIpc) is 2.47. The third kappa shape index (κ3) is 5.02. The summed E-state index contributed by atoms with van der Waals surface area (Å²) in [6, 6.07) is 7.64. The lowest BCUT2D eigenvalue weighted by Crippen LogP contribution is -2.41. The van der Waals surface area contributed by atoms with Crippen LogP contribution in [-0.2, 0) is 4.79 Å². The number of nitrogens with two attached hydrogens (primary N) is 1. The fourth-order valence-electron chi connectivity index (χ4n) is 2.92. The molecule has 116 valence electrons. The number of nitrogens with one attached hydrogen (secondary N) is 1. The molecular formula is C16H25N3O2. The van der Waals surface area contributed by atoms with Gasteiger partial charge in [-0.15, -0.1) is 0 Å². The molecule has 1 aliphatic rings. The summed E-state index contributed by atoms with van der Waals surface area (Å²) in [6.45, 7) is 1.99. The van der Waals surface area contributed by atoms with Crippen LogP contribution >= 0.6 is 0 Å². The topological polar surface area (TPSA) is 78.6 Å². The number of hydrogen-bond acceptors (Lipinski definition) is 4. The summed E-state index contributed by atoms with van der Waals surface area (Å²) in [5.74, 6) is 0.00826. The number of hydrogen-bond donors (Lipinski definition) is 3. The van der Waals surface area contributed by atoms with Gasteiger partial charge in [0.05, 0.1) is 0 Å². The highest BCUT2D eigenvalue weighted by atomic mass is 16.3. The first-order chi connectivity index (χ1) is 10.2. The highest BCUT2D eigenvalue weighted by molar-refractivity contribution is 5.91. The van der Waals surface area contributed by atoms with Crippen molar-refractivity contribution in [1.82, 2.24) is 4.90 Å². The molecule has 1 unspecified atom stereocenters. The quantitative estimate of drug-likeness (QED) is 0.699. The lowest BCUT2D eigenvalue weighted by Gasteiger charge is -2.35. The molecule has 0 aliphatic carbocycles. The number of piperidine rings is 1. The molecule has 0 bridgehead atoms. The first-order valence-corrected chi connectivity index (χ1v) is 7.69. The Labute approximate surface area is 126 Å². The van der Waals surface area contributed by atoms with Gasteiger partial charge in [-0.2, -0.15) is 0 Å². The zero-order valence-electron chi connectivity index (χ0n) is 12.4. The molecule has 0 spiro atoms. The van der Waals surface area contributed by atoms with Crippen molar-refractivity contribution in [3.8, 4) is 0 Å².